The molecule has 10 heteroatoms. The monoisotopic (exact) mass is 492 g/mol. The van der Waals surface area contributed by atoms with Crippen LogP contribution in [-0.2, 0) is 9.59 Å². The molecule has 200 valence electrons. The van der Waals surface area contributed by atoms with E-state index in [-0.39, 0.29) is 36.2 Å². The normalized spacial score (nSPS) is 38.0. The maximum atomic E-state index is 12.3. The lowest BCUT2D eigenvalue weighted by Gasteiger charge is -2.48. The van der Waals surface area contributed by atoms with Gasteiger partial charge >= 0.3 is 0 Å². The number of carbonyl (C=O) groups is 2. The van der Waals surface area contributed by atoms with Gasteiger partial charge in [0.25, 0.3) is 0 Å². The molecule has 4 heterocycles. The number of carbonyl (C=O) groups excluding carboxylic acids is 2. The van der Waals surface area contributed by atoms with E-state index in [0.29, 0.717) is 36.5 Å². The second-order valence-corrected chi connectivity index (χ2v) is 11.7. The van der Waals surface area contributed by atoms with Crippen LogP contribution in [0, 0.1) is 17.8 Å². The first-order valence-electron chi connectivity index (χ1n) is 13.8. The Bertz CT molecular complexity index is 728. The van der Waals surface area contributed by atoms with E-state index in [9.17, 15) is 9.59 Å². The summed E-state index contributed by atoms with van der Waals surface area (Å²) in [6.07, 6.45) is 6.10. The van der Waals surface area contributed by atoms with Gasteiger partial charge in [0.2, 0.25) is 11.8 Å². The molecule has 0 radical (unpaired) electrons. The third-order valence-corrected chi connectivity index (χ3v) is 8.77. The van der Waals surface area contributed by atoms with Crippen molar-refractivity contribution in [1.29, 1.82) is 0 Å². The molecule has 10 nitrogen and oxygen atoms in total. The van der Waals surface area contributed by atoms with Gasteiger partial charge in [-0.05, 0) is 50.4 Å². The third-order valence-electron chi connectivity index (χ3n) is 8.77. The summed E-state index contributed by atoms with van der Waals surface area (Å²) in [6, 6.07) is 1.31. The highest BCUT2D eigenvalue weighted by atomic mass is 16.2. The minimum Gasteiger partial charge on any atom is -0.369 e. The Balaban J connectivity index is 1.42. The molecule has 0 saturated carbocycles. The highest BCUT2D eigenvalue weighted by Crippen LogP contribution is 2.30. The molecule has 8 N–H and O–H groups in total. The summed E-state index contributed by atoms with van der Waals surface area (Å²) in [6.45, 7) is 10.3. The zero-order chi connectivity index (χ0) is 25.1. The quantitative estimate of drug-likeness (QED) is 0.286. The van der Waals surface area contributed by atoms with Crippen LogP contribution in [0.2, 0.25) is 0 Å². The van der Waals surface area contributed by atoms with Gasteiger partial charge in [-0.3, -0.25) is 30.4 Å². The molecule has 4 fully saturated rings. The number of hydrogen-bond donors (Lipinski definition) is 6. The average Bonchev–Trinajstić information content (AvgIpc) is 2.83. The Kier molecular flexibility index (Phi) is 9.04. The van der Waals surface area contributed by atoms with E-state index < -0.39 is 0 Å². The number of primary amides is 1. The second-order valence-electron chi connectivity index (χ2n) is 11.7. The molecule has 0 aromatic rings. The first-order chi connectivity index (χ1) is 16.7. The van der Waals surface area contributed by atoms with Crippen molar-refractivity contribution in [2.75, 3.05) is 32.7 Å². The molecular weight excluding hydrogens is 444 g/mol. The van der Waals surface area contributed by atoms with Crippen molar-refractivity contribution in [2.24, 2.45) is 29.2 Å². The summed E-state index contributed by atoms with van der Waals surface area (Å²) in [5, 5.41) is 14.9. The van der Waals surface area contributed by atoms with Gasteiger partial charge in [0, 0.05) is 63.8 Å². The van der Waals surface area contributed by atoms with Crippen molar-refractivity contribution in [3.8, 4) is 0 Å². The van der Waals surface area contributed by atoms with Gasteiger partial charge < -0.3 is 21.7 Å². The largest absolute Gasteiger partial charge is 0.369 e. The summed E-state index contributed by atoms with van der Waals surface area (Å²) in [5.74, 6) is 0.674. The van der Waals surface area contributed by atoms with E-state index in [0.717, 1.165) is 64.7 Å². The molecule has 0 bridgehead atoms. The van der Waals surface area contributed by atoms with Gasteiger partial charge in [-0.1, -0.05) is 13.8 Å². The van der Waals surface area contributed by atoms with Crippen LogP contribution in [0.15, 0.2) is 0 Å². The molecule has 0 spiro atoms. The van der Waals surface area contributed by atoms with Crippen LogP contribution in [0.1, 0.15) is 59.3 Å². The topological polar surface area (TPSA) is 141 Å². The molecule has 4 rings (SSSR count). The summed E-state index contributed by atoms with van der Waals surface area (Å²) in [7, 11) is 0. The molecule has 4 aliphatic rings. The van der Waals surface area contributed by atoms with Crippen LogP contribution in [0.25, 0.3) is 0 Å². The molecule has 2 amide bonds. The van der Waals surface area contributed by atoms with Crippen LogP contribution in [0.3, 0.4) is 0 Å². The minimum atomic E-state index is -0.311. The molecule has 0 aromatic heterocycles. The van der Waals surface area contributed by atoms with E-state index in [1.807, 2.05) is 4.90 Å². The SMILES string of the molecule is CC(=O)N1CCC(C2CC(NC3NC(N4CCC[C@H](N)C4)NCC3C(N)=O)CC(C(C)C)N2)CC1. The lowest BCUT2D eigenvalue weighted by Crippen LogP contribution is -2.72. The molecule has 4 aliphatic heterocycles. The fraction of sp³-hybridized carbons (Fsp3) is 0.920. The first-order valence-corrected chi connectivity index (χ1v) is 13.8. The fourth-order valence-corrected chi connectivity index (χ4v) is 6.56. The zero-order valence-corrected chi connectivity index (χ0v) is 21.8. The third kappa shape index (κ3) is 6.72. The lowest BCUT2D eigenvalue weighted by atomic mass is 9.79. The fourth-order valence-electron chi connectivity index (χ4n) is 6.56. The summed E-state index contributed by atoms with van der Waals surface area (Å²) in [5.41, 5.74) is 12.1. The Hall–Kier alpha value is -1.30. The van der Waals surface area contributed by atoms with Crippen LogP contribution >= 0.6 is 0 Å². The van der Waals surface area contributed by atoms with Crippen molar-refractivity contribution in [2.45, 2.75) is 95.9 Å². The number of nitrogens with zero attached hydrogens (tertiary/aromatic N) is 2. The average molecular weight is 493 g/mol. The number of nitrogens with one attached hydrogen (secondary N) is 4. The summed E-state index contributed by atoms with van der Waals surface area (Å²) >= 11 is 0. The summed E-state index contributed by atoms with van der Waals surface area (Å²) in [4.78, 5) is 28.4. The standard InChI is InChI=1S/C25H48N8O2/c1-15(2)21-11-19(12-22(30-21)17-6-9-32(10-7-17)16(3)34)29-24-20(23(27)35)13-28-25(31-24)33-8-4-5-18(26)14-33/h15,17-22,24-25,28-31H,4-14,26H2,1-3H3,(H2,27,35)/t18-,19?,20?,21?,22?,24?,25?/m0/s1. The van der Waals surface area contributed by atoms with Gasteiger partial charge in [0.15, 0.2) is 0 Å². The molecule has 0 aliphatic carbocycles. The van der Waals surface area contributed by atoms with Gasteiger partial charge in [-0.2, -0.15) is 0 Å². The van der Waals surface area contributed by atoms with Crippen molar-refractivity contribution in [3.63, 3.8) is 0 Å². The molecule has 7 atom stereocenters. The molecule has 6 unspecified atom stereocenters. The number of amides is 2. The zero-order valence-electron chi connectivity index (χ0n) is 21.8. The maximum absolute atomic E-state index is 12.3. The predicted molar refractivity (Wildman–Crippen MR) is 137 cm³/mol. The first kappa shape index (κ1) is 26.8. The highest BCUT2D eigenvalue weighted by Gasteiger charge is 2.40. The van der Waals surface area contributed by atoms with Crippen molar-refractivity contribution in [3.05, 3.63) is 0 Å². The Morgan fingerprint density at radius 3 is 2.43 bits per heavy atom. The van der Waals surface area contributed by atoms with E-state index in [2.05, 4.69) is 40.0 Å². The lowest BCUT2D eigenvalue weighted by molar-refractivity contribution is -0.130. The number of rotatable bonds is 6. The van der Waals surface area contributed by atoms with Crippen LogP contribution in [0.5, 0.6) is 0 Å². The number of piperidine rings is 3. The molecular formula is C25H48N8O2. The van der Waals surface area contributed by atoms with E-state index in [4.69, 9.17) is 11.5 Å². The Labute approximate surface area is 210 Å². The molecule has 35 heavy (non-hydrogen) atoms. The van der Waals surface area contributed by atoms with Gasteiger partial charge in [-0.25, -0.2) is 0 Å². The molecule has 4 saturated heterocycles. The van der Waals surface area contributed by atoms with Crippen molar-refractivity contribution >= 4 is 11.8 Å². The number of nitrogens with two attached hydrogens (primary N) is 2. The van der Waals surface area contributed by atoms with Gasteiger partial charge in [0.1, 0.15) is 6.29 Å². The van der Waals surface area contributed by atoms with Crippen LogP contribution in [0.4, 0.5) is 0 Å². The van der Waals surface area contributed by atoms with E-state index in [1.165, 1.54) is 0 Å². The highest BCUT2D eigenvalue weighted by molar-refractivity contribution is 5.77. The van der Waals surface area contributed by atoms with Crippen molar-refractivity contribution in [1.82, 2.24) is 31.1 Å². The van der Waals surface area contributed by atoms with Crippen LogP contribution < -0.4 is 32.7 Å². The van der Waals surface area contributed by atoms with E-state index >= 15 is 0 Å². The minimum absolute atomic E-state index is 0.0104. The number of likely N-dealkylation sites (tertiary alicyclic amines) is 2. The summed E-state index contributed by atoms with van der Waals surface area (Å²) < 4.78 is 0. The van der Waals surface area contributed by atoms with Gasteiger partial charge in [-0.15, -0.1) is 0 Å². The Morgan fingerprint density at radius 2 is 1.80 bits per heavy atom. The smallest absolute Gasteiger partial charge is 0.224 e. The van der Waals surface area contributed by atoms with Crippen LogP contribution in [-0.4, -0.2) is 91.0 Å². The number of hydrogen-bond acceptors (Lipinski definition) is 8. The Morgan fingerprint density at radius 1 is 1.06 bits per heavy atom. The second kappa shape index (κ2) is 11.8. The molecule has 0 aromatic carbocycles. The van der Waals surface area contributed by atoms with Gasteiger partial charge in [0.05, 0.1) is 12.1 Å². The predicted octanol–water partition coefficient (Wildman–Crippen LogP) is -0.693. The van der Waals surface area contributed by atoms with E-state index in [1.54, 1.807) is 6.92 Å². The maximum Gasteiger partial charge on any atom is 0.224 e. The van der Waals surface area contributed by atoms with Crippen molar-refractivity contribution < 1.29 is 9.59 Å².